The smallest absolute Gasteiger partial charge is 0.309 e. The van der Waals surface area contributed by atoms with Gasteiger partial charge < -0.3 is 9.47 Å². The van der Waals surface area contributed by atoms with E-state index in [1.807, 2.05) is 0 Å². The summed E-state index contributed by atoms with van der Waals surface area (Å²) in [6.07, 6.45) is -0.318. The maximum absolute atomic E-state index is 10.5. The lowest BCUT2D eigenvalue weighted by Gasteiger charge is -2.07. The van der Waals surface area contributed by atoms with Gasteiger partial charge in [0.15, 0.2) is 12.4 Å². The molecular formula is C6H8O4. The maximum Gasteiger partial charge on any atom is 0.309 e. The number of ether oxygens (including phenoxy) is 2. The lowest BCUT2D eigenvalue weighted by atomic mass is 10.2. The molecule has 0 saturated carbocycles. The molecule has 0 radical (unpaired) electrons. The van der Waals surface area contributed by atoms with Gasteiger partial charge in [0.05, 0.1) is 6.42 Å². The number of carbonyl (C=O) groups excluding carboxylic acids is 2. The number of cyclic esters (lactones) is 1. The molecule has 1 saturated heterocycles. The molecular weight excluding hydrogens is 136 g/mol. The first-order valence-corrected chi connectivity index (χ1v) is 2.95. The zero-order valence-electron chi connectivity index (χ0n) is 5.57. The highest BCUT2D eigenvalue weighted by Gasteiger charge is 2.34. The first-order valence-electron chi connectivity index (χ1n) is 2.95. The molecule has 0 aromatic rings. The number of esters is 1. The molecule has 1 aliphatic rings. The van der Waals surface area contributed by atoms with Crippen molar-refractivity contribution in [2.45, 2.75) is 18.6 Å². The van der Waals surface area contributed by atoms with E-state index >= 15 is 0 Å². The van der Waals surface area contributed by atoms with Gasteiger partial charge in [-0.15, -0.1) is 0 Å². The van der Waals surface area contributed by atoms with Crippen LogP contribution in [0.2, 0.25) is 0 Å². The Kier molecular flexibility index (Phi) is 2.01. The van der Waals surface area contributed by atoms with Gasteiger partial charge >= 0.3 is 5.97 Å². The van der Waals surface area contributed by atoms with Crippen LogP contribution >= 0.6 is 0 Å². The van der Waals surface area contributed by atoms with Crippen LogP contribution < -0.4 is 0 Å². The summed E-state index contributed by atoms with van der Waals surface area (Å²) in [5.41, 5.74) is 0. The van der Waals surface area contributed by atoms with Crippen molar-refractivity contribution in [2.24, 2.45) is 0 Å². The first-order chi connectivity index (χ1) is 4.77. The topological polar surface area (TPSA) is 52.6 Å². The van der Waals surface area contributed by atoms with E-state index < -0.39 is 6.10 Å². The van der Waals surface area contributed by atoms with E-state index in [0.717, 1.165) is 0 Å². The van der Waals surface area contributed by atoms with Crippen LogP contribution in [0.3, 0.4) is 0 Å². The molecule has 0 unspecified atom stereocenters. The summed E-state index contributed by atoms with van der Waals surface area (Å²) in [4.78, 5) is 20.7. The van der Waals surface area contributed by atoms with Crippen LogP contribution in [0.15, 0.2) is 0 Å². The second-order valence-corrected chi connectivity index (χ2v) is 2.07. The zero-order chi connectivity index (χ0) is 7.56. The fourth-order valence-corrected chi connectivity index (χ4v) is 0.889. The van der Waals surface area contributed by atoms with Crippen LogP contribution in [0.1, 0.15) is 6.42 Å². The van der Waals surface area contributed by atoms with Crippen molar-refractivity contribution in [3.63, 3.8) is 0 Å². The van der Waals surface area contributed by atoms with Crippen LogP contribution in [0.5, 0.6) is 0 Å². The van der Waals surface area contributed by atoms with Crippen LogP contribution in [0.25, 0.3) is 0 Å². The molecule has 0 aromatic heterocycles. The van der Waals surface area contributed by atoms with Crippen molar-refractivity contribution in [1.82, 2.24) is 0 Å². The highest BCUT2D eigenvalue weighted by Crippen LogP contribution is 2.15. The third-order valence-corrected chi connectivity index (χ3v) is 1.44. The Morgan fingerprint density at radius 2 is 2.50 bits per heavy atom. The Morgan fingerprint density at radius 1 is 1.80 bits per heavy atom. The third kappa shape index (κ3) is 1.16. The predicted molar refractivity (Wildman–Crippen MR) is 31.4 cm³/mol. The van der Waals surface area contributed by atoms with Gasteiger partial charge in [0.25, 0.3) is 0 Å². The zero-order valence-corrected chi connectivity index (χ0v) is 5.57. The fourth-order valence-electron chi connectivity index (χ4n) is 0.889. The summed E-state index contributed by atoms with van der Waals surface area (Å²) < 4.78 is 9.39. The van der Waals surface area contributed by atoms with E-state index in [-0.39, 0.29) is 18.5 Å². The average molecular weight is 144 g/mol. The molecule has 2 atom stereocenters. The standard InChI is InChI=1S/C6H8O4/c1-9-4-2-6(8)10-5(4)3-7/h3-5H,2H2,1H3/t4-,5+/m1/s1. The second kappa shape index (κ2) is 2.79. The van der Waals surface area contributed by atoms with Gasteiger partial charge in [-0.3, -0.25) is 9.59 Å². The maximum atomic E-state index is 10.5. The average Bonchev–Trinajstić information content (AvgIpc) is 2.30. The molecule has 10 heavy (non-hydrogen) atoms. The number of hydrogen-bond donors (Lipinski definition) is 0. The van der Waals surface area contributed by atoms with Crippen molar-refractivity contribution < 1.29 is 19.1 Å². The molecule has 1 aliphatic heterocycles. The highest BCUT2D eigenvalue weighted by atomic mass is 16.6. The summed E-state index contributed by atoms with van der Waals surface area (Å²) in [6.45, 7) is 0. The molecule has 4 nitrogen and oxygen atoms in total. The highest BCUT2D eigenvalue weighted by molar-refractivity contribution is 5.77. The van der Waals surface area contributed by atoms with Crippen molar-refractivity contribution >= 4 is 12.3 Å². The van der Waals surface area contributed by atoms with Crippen molar-refractivity contribution in [1.29, 1.82) is 0 Å². The molecule has 1 rings (SSSR count). The van der Waals surface area contributed by atoms with Crippen molar-refractivity contribution in [3.8, 4) is 0 Å². The fraction of sp³-hybridized carbons (Fsp3) is 0.667. The summed E-state index contributed by atoms with van der Waals surface area (Å²) in [7, 11) is 1.45. The molecule has 56 valence electrons. The Labute approximate surface area is 58.1 Å². The Balaban J connectivity index is 2.56. The van der Waals surface area contributed by atoms with Crippen LogP contribution in [0.4, 0.5) is 0 Å². The Bertz CT molecular complexity index is 154. The van der Waals surface area contributed by atoms with E-state index in [0.29, 0.717) is 6.29 Å². The number of rotatable bonds is 2. The van der Waals surface area contributed by atoms with Gasteiger partial charge in [-0.2, -0.15) is 0 Å². The van der Waals surface area contributed by atoms with Crippen LogP contribution in [-0.2, 0) is 19.1 Å². The van der Waals surface area contributed by atoms with Crippen molar-refractivity contribution in [2.75, 3.05) is 7.11 Å². The minimum Gasteiger partial charge on any atom is -0.452 e. The van der Waals surface area contributed by atoms with Crippen molar-refractivity contribution in [3.05, 3.63) is 0 Å². The van der Waals surface area contributed by atoms with Gasteiger partial charge in [-0.1, -0.05) is 0 Å². The number of methoxy groups -OCH3 is 1. The quantitative estimate of drug-likeness (QED) is 0.388. The number of carbonyl (C=O) groups is 2. The van der Waals surface area contributed by atoms with E-state index in [1.54, 1.807) is 0 Å². The second-order valence-electron chi connectivity index (χ2n) is 2.07. The molecule has 0 aliphatic carbocycles. The number of aldehydes is 1. The summed E-state index contributed by atoms with van der Waals surface area (Å²) in [5, 5.41) is 0. The van der Waals surface area contributed by atoms with Gasteiger partial charge in [-0.25, -0.2) is 0 Å². The molecule has 4 heteroatoms. The summed E-state index contributed by atoms with van der Waals surface area (Å²) in [6, 6.07) is 0. The lowest BCUT2D eigenvalue weighted by Crippen LogP contribution is -2.24. The molecule has 0 N–H and O–H groups in total. The molecule has 0 aromatic carbocycles. The van der Waals surface area contributed by atoms with E-state index in [9.17, 15) is 9.59 Å². The monoisotopic (exact) mass is 144 g/mol. The third-order valence-electron chi connectivity index (χ3n) is 1.44. The largest absolute Gasteiger partial charge is 0.452 e. The summed E-state index contributed by atoms with van der Waals surface area (Å²) in [5.74, 6) is -0.371. The first kappa shape index (κ1) is 7.21. The minimum atomic E-state index is -0.697. The van der Waals surface area contributed by atoms with Crippen LogP contribution in [0, 0.1) is 0 Å². The van der Waals surface area contributed by atoms with E-state index in [4.69, 9.17) is 4.74 Å². The normalized spacial score (nSPS) is 31.9. The minimum absolute atomic E-state index is 0.180. The molecule has 0 bridgehead atoms. The van der Waals surface area contributed by atoms with Gasteiger partial charge in [-0.05, 0) is 0 Å². The molecule has 0 spiro atoms. The Morgan fingerprint density at radius 3 is 2.90 bits per heavy atom. The lowest BCUT2D eigenvalue weighted by molar-refractivity contribution is -0.144. The Hall–Kier alpha value is -0.900. The van der Waals surface area contributed by atoms with E-state index in [1.165, 1.54) is 7.11 Å². The van der Waals surface area contributed by atoms with Gasteiger partial charge in [0, 0.05) is 7.11 Å². The molecule has 1 heterocycles. The molecule has 0 amide bonds. The predicted octanol–water partition coefficient (Wildman–Crippen LogP) is -0.484. The van der Waals surface area contributed by atoms with E-state index in [2.05, 4.69) is 4.74 Å². The number of hydrogen-bond acceptors (Lipinski definition) is 4. The SMILES string of the molecule is CO[C@@H]1CC(=O)O[C@H]1C=O. The van der Waals surface area contributed by atoms with Gasteiger partial charge in [0.1, 0.15) is 6.10 Å². The van der Waals surface area contributed by atoms with Crippen LogP contribution in [-0.4, -0.2) is 31.6 Å². The van der Waals surface area contributed by atoms with Gasteiger partial charge in [0.2, 0.25) is 0 Å². The molecule has 1 fully saturated rings. The summed E-state index contributed by atoms with van der Waals surface area (Å²) >= 11 is 0.